The van der Waals surface area contributed by atoms with Gasteiger partial charge in [0.15, 0.2) is 11.0 Å². The number of rotatable bonds is 1. The number of thioether (sulfide) groups is 1. The van der Waals surface area contributed by atoms with E-state index in [-0.39, 0.29) is 5.91 Å². The van der Waals surface area contributed by atoms with E-state index >= 15 is 0 Å². The van der Waals surface area contributed by atoms with E-state index in [1.165, 1.54) is 11.8 Å². The van der Waals surface area contributed by atoms with Crippen molar-refractivity contribution in [1.29, 1.82) is 0 Å². The summed E-state index contributed by atoms with van der Waals surface area (Å²) in [6.45, 7) is 0. The predicted octanol–water partition coefficient (Wildman–Crippen LogP) is 1.27. The first-order valence-electron chi connectivity index (χ1n) is 4.16. The number of carbonyl (C=O) groups is 1. The van der Waals surface area contributed by atoms with E-state index in [0.29, 0.717) is 16.7 Å². The zero-order valence-electron chi connectivity index (χ0n) is 7.67. The highest BCUT2D eigenvalue weighted by molar-refractivity contribution is 8.15. The molecule has 0 aromatic carbocycles. The second-order valence-corrected chi connectivity index (χ2v) is 3.77. The minimum absolute atomic E-state index is 0.0877. The topological polar surface area (TPSA) is 45.6 Å². The molecule has 0 atom stereocenters. The molecule has 2 rings (SSSR count). The fraction of sp³-hybridized carbons (Fsp3) is 0.222. The maximum Gasteiger partial charge on any atom is 0.238 e. The van der Waals surface area contributed by atoms with Crippen molar-refractivity contribution in [1.82, 2.24) is 9.88 Å². The molecule has 0 spiro atoms. The van der Waals surface area contributed by atoms with Crippen molar-refractivity contribution in [3.8, 4) is 0 Å². The van der Waals surface area contributed by atoms with Crippen LogP contribution in [0.1, 0.15) is 0 Å². The Labute approximate surface area is 86.0 Å². The molecule has 0 unspecified atom stereocenters. The van der Waals surface area contributed by atoms with E-state index in [1.807, 2.05) is 18.2 Å². The first-order valence-corrected chi connectivity index (χ1v) is 5.15. The van der Waals surface area contributed by atoms with E-state index in [4.69, 9.17) is 0 Å². The Morgan fingerprint density at radius 3 is 3.00 bits per heavy atom. The number of carbonyl (C=O) groups excluding carboxylic acids is 1. The Morgan fingerprint density at radius 1 is 1.57 bits per heavy atom. The Morgan fingerprint density at radius 2 is 2.43 bits per heavy atom. The molecule has 1 aromatic heterocycles. The number of pyridine rings is 1. The molecule has 0 aliphatic carbocycles. The van der Waals surface area contributed by atoms with Crippen molar-refractivity contribution in [2.45, 2.75) is 0 Å². The van der Waals surface area contributed by atoms with Gasteiger partial charge in [-0.15, -0.1) is 0 Å². The molecule has 5 heteroatoms. The van der Waals surface area contributed by atoms with E-state index < -0.39 is 0 Å². The van der Waals surface area contributed by atoms with Crippen molar-refractivity contribution in [2.24, 2.45) is 4.99 Å². The van der Waals surface area contributed by atoms with Crippen LogP contribution in [0.25, 0.3) is 0 Å². The van der Waals surface area contributed by atoms with Gasteiger partial charge in [-0.1, -0.05) is 17.8 Å². The molecule has 0 bridgehead atoms. The van der Waals surface area contributed by atoms with Crippen LogP contribution in [-0.4, -0.2) is 33.8 Å². The lowest BCUT2D eigenvalue weighted by Crippen LogP contribution is -2.24. The van der Waals surface area contributed by atoms with Crippen LogP contribution in [0.4, 0.5) is 5.82 Å². The molecule has 1 aliphatic rings. The first kappa shape index (κ1) is 9.21. The van der Waals surface area contributed by atoms with E-state index in [0.717, 1.165) is 0 Å². The summed E-state index contributed by atoms with van der Waals surface area (Å²) in [5, 5.41) is 0.716. The highest BCUT2D eigenvalue weighted by Crippen LogP contribution is 2.20. The summed E-state index contributed by atoms with van der Waals surface area (Å²) in [5.74, 6) is 1.20. The maximum atomic E-state index is 11.2. The molecule has 1 saturated heterocycles. The van der Waals surface area contributed by atoms with Crippen LogP contribution >= 0.6 is 11.8 Å². The monoisotopic (exact) mass is 207 g/mol. The highest BCUT2D eigenvalue weighted by Gasteiger charge is 2.24. The summed E-state index contributed by atoms with van der Waals surface area (Å²) in [6, 6.07) is 5.51. The van der Waals surface area contributed by atoms with Crippen LogP contribution in [-0.2, 0) is 4.79 Å². The molecular weight excluding hydrogens is 198 g/mol. The SMILES string of the molecule is CN1C(=O)CSC1=Nc1ccccn1. The Balaban J connectivity index is 2.24. The molecule has 14 heavy (non-hydrogen) atoms. The predicted molar refractivity (Wildman–Crippen MR) is 56.6 cm³/mol. The molecule has 72 valence electrons. The summed E-state index contributed by atoms with van der Waals surface area (Å²) in [4.78, 5) is 21.1. The van der Waals surface area contributed by atoms with Gasteiger partial charge in [-0.25, -0.2) is 9.98 Å². The van der Waals surface area contributed by atoms with Gasteiger partial charge in [0.05, 0.1) is 5.75 Å². The normalized spacial score (nSPS) is 19.4. The lowest BCUT2D eigenvalue weighted by Gasteiger charge is -2.06. The van der Waals surface area contributed by atoms with Crippen LogP contribution in [0.3, 0.4) is 0 Å². The lowest BCUT2D eigenvalue weighted by atomic mass is 10.5. The summed E-state index contributed by atoms with van der Waals surface area (Å²) in [7, 11) is 1.73. The molecule has 0 saturated carbocycles. The van der Waals surface area contributed by atoms with Crippen LogP contribution < -0.4 is 0 Å². The van der Waals surface area contributed by atoms with Crippen molar-refractivity contribution < 1.29 is 4.79 Å². The van der Waals surface area contributed by atoms with Gasteiger partial charge in [0, 0.05) is 13.2 Å². The molecule has 4 nitrogen and oxygen atoms in total. The second-order valence-electron chi connectivity index (χ2n) is 2.82. The summed E-state index contributed by atoms with van der Waals surface area (Å²) in [6.07, 6.45) is 1.68. The molecule has 1 aromatic rings. The van der Waals surface area contributed by atoms with Crippen molar-refractivity contribution in [2.75, 3.05) is 12.8 Å². The van der Waals surface area contributed by atoms with Crippen LogP contribution in [0.2, 0.25) is 0 Å². The van der Waals surface area contributed by atoms with Crippen molar-refractivity contribution >= 4 is 28.7 Å². The summed E-state index contributed by atoms with van der Waals surface area (Å²) in [5.41, 5.74) is 0. The third-order valence-electron chi connectivity index (χ3n) is 1.85. The third-order valence-corrected chi connectivity index (χ3v) is 2.86. The Kier molecular flexibility index (Phi) is 2.49. The number of aromatic nitrogens is 1. The number of aliphatic imine (C=N–C) groups is 1. The van der Waals surface area contributed by atoms with Gasteiger partial charge in [-0.3, -0.25) is 9.69 Å². The quantitative estimate of drug-likeness (QED) is 0.696. The first-order chi connectivity index (χ1) is 6.77. The van der Waals surface area contributed by atoms with Gasteiger partial charge in [0.1, 0.15) is 0 Å². The third kappa shape index (κ3) is 1.77. The number of nitrogens with zero attached hydrogens (tertiary/aromatic N) is 3. The second kappa shape index (κ2) is 3.79. The number of amidine groups is 1. The number of hydrogen-bond donors (Lipinski definition) is 0. The fourth-order valence-electron chi connectivity index (χ4n) is 1.05. The fourth-order valence-corrected chi connectivity index (χ4v) is 1.95. The van der Waals surface area contributed by atoms with Gasteiger partial charge >= 0.3 is 0 Å². The van der Waals surface area contributed by atoms with E-state index in [9.17, 15) is 4.79 Å². The zero-order chi connectivity index (χ0) is 9.97. The highest BCUT2D eigenvalue weighted by atomic mass is 32.2. The molecule has 1 amide bonds. The van der Waals surface area contributed by atoms with Crippen LogP contribution in [0, 0.1) is 0 Å². The number of hydrogen-bond acceptors (Lipinski definition) is 4. The molecule has 1 fully saturated rings. The molecule has 1 aliphatic heterocycles. The molecular formula is C9H9N3OS. The van der Waals surface area contributed by atoms with E-state index in [2.05, 4.69) is 9.98 Å². The van der Waals surface area contributed by atoms with Crippen molar-refractivity contribution in [3.05, 3.63) is 24.4 Å². The van der Waals surface area contributed by atoms with Gasteiger partial charge in [-0.05, 0) is 12.1 Å². The standard InChI is InChI=1S/C9H9N3OS/c1-12-8(13)6-14-9(12)11-7-4-2-3-5-10-7/h2-5H,6H2,1H3. The minimum atomic E-state index is 0.0877. The zero-order valence-corrected chi connectivity index (χ0v) is 8.49. The van der Waals surface area contributed by atoms with Gasteiger partial charge < -0.3 is 0 Å². The largest absolute Gasteiger partial charge is 0.294 e. The van der Waals surface area contributed by atoms with Crippen LogP contribution in [0.15, 0.2) is 29.4 Å². The molecule has 0 radical (unpaired) electrons. The van der Waals surface area contributed by atoms with E-state index in [1.54, 1.807) is 18.1 Å². The average molecular weight is 207 g/mol. The van der Waals surface area contributed by atoms with Crippen molar-refractivity contribution in [3.63, 3.8) is 0 Å². The number of amides is 1. The summed E-state index contributed by atoms with van der Waals surface area (Å²) >= 11 is 1.44. The maximum absolute atomic E-state index is 11.2. The molecule has 2 heterocycles. The van der Waals surface area contributed by atoms with Gasteiger partial charge in [-0.2, -0.15) is 0 Å². The van der Waals surface area contributed by atoms with Crippen LogP contribution in [0.5, 0.6) is 0 Å². The summed E-state index contributed by atoms with van der Waals surface area (Å²) < 4.78 is 0. The van der Waals surface area contributed by atoms with Gasteiger partial charge in [0.25, 0.3) is 0 Å². The minimum Gasteiger partial charge on any atom is -0.294 e. The molecule has 0 N–H and O–H groups in total. The smallest absolute Gasteiger partial charge is 0.238 e. The average Bonchev–Trinajstić information content (AvgIpc) is 2.52. The lowest BCUT2D eigenvalue weighted by molar-refractivity contribution is -0.123. The van der Waals surface area contributed by atoms with Gasteiger partial charge in [0.2, 0.25) is 5.91 Å². The Bertz CT molecular complexity index is 377. The Hall–Kier alpha value is -1.36.